The van der Waals surface area contributed by atoms with Crippen LogP contribution in [0, 0.1) is 11.3 Å². The molecule has 4 N–H and O–H groups in total. The van der Waals surface area contributed by atoms with Crippen molar-refractivity contribution in [3.63, 3.8) is 0 Å². The number of hydrogen-bond donors (Lipinski definition) is 2. The van der Waals surface area contributed by atoms with E-state index >= 15 is 0 Å². The van der Waals surface area contributed by atoms with E-state index in [-0.39, 0.29) is 5.41 Å². The molecule has 2 heteroatoms. The highest BCUT2D eigenvalue weighted by Crippen LogP contribution is 2.34. The largest absolute Gasteiger partial charge is 0.313 e. The average molecular weight is 172 g/mol. The standard InChI is InChI=1S/C10H24N2/c1-6-8(9(3,4)5)10(11,12)7-2/h8H,6-7,11-12H2,1-5H3. The van der Waals surface area contributed by atoms with Crippen LogP contribution >= 0.6 is 0 Å². The molecule has 1 atom stereocenters. The van der Waals surface area contributed by atoms with Crippen LogP contribution in [-0.4, -0.2) is 5.66 Å². The number of nitrogens with two attached hydrogens (primary N) is 2. The van der Waals surface area contributed by atoms with E-state index in [1.165, 1.54) is 0 Å². The van der Waals surface area contributed by atoms with Gasteiger partial charge in [-0.15, -0.1) is 0 Å². The Morgan fingerprint density at radius 1 is 1.08 bits per heavy atom. The van der Waals surface area contributed by atoms with E-state index in [0.29, 0.717) is 5.92 Å². The van der Waals surface area contributed by atoms with E-state index in [4.69, 9.17) is 11.5 Å². The molecule has 0 bridgehead atoms. The van der Waals surface area contributed by atoms with E-state index in [9.17, 15) is 0 Å². The van der Waals surface area contributed by atoms with Gasteiger partial charge in [0.1, 0.15) is 0 Å². The molecule has 0 saturated heterocycles. The van der Waals surface area contributed by atoms with Crippen molar-refractivity contribution < 1.29 is 0 Å². The third-order valence-corrected chi connectivity index (χ3v) is 2.71. The fraction of sp³-hybridized carbons (Fsp3) is 1.00. The molecule has 0 aliphatic rings. The minimum Gasteiger partial charge on any atom is -0.313 e. The van der Waals surface area contributed by atoms with Gasteiger partial charge in [-0.1, -0.05) is 34.6 Å². The smallest absolute Gasteiger partial charge is 0.0667 e. The highest BCUT2D eigenvalue weighted by molar-refractivity contribution is 4.90. The second-order valence-electron chi connectivity index (χ2n) is 4.79. The molecule has 0 aliphatic heterocycles. The van der Waals surface area contributed by atoms with Gasteiger partial charge in [-0.2, -0.15) is 0 Å². The maximum atomic E-state index is 6.03. The summed E-state index contributed by atoms with van der Waals surface area (Å²) in [6.07, 6.45) is 1.88. The van der Waals surface area contributed by atoms with Gasteiger partial charge >= 0.3 is 0 Å². The molecule has 0 aromatic carbocycles. The van der Waals surface area contributed by atoms with Gasteiger partial charge in [0.05, 0.1) is 5.66 Å². The van der Waals surface area contributed by atoms with Crippen LogP contribution in [0.15, 0.2) is 0 Å². The van der Waals surface area contributed by atoms with Crippen molar-refractivity contribution in [3.05, 3.63) is 0 Å². The molecular formula is C10H24N2. The molecule has 0 amide bonds. The molecule has 12 heavy (non-hydrogen) atoms. The van der Waals surface area contributed by atoms with Crippen LogP contribution in [0.25, 0.3) is 0 Å². The average Bonchev–Trinajstić information content (AvgIpc) is 1.85. The van der Waals surface area contributed by atoms with Crippen LogP contribution < -0.4 is 11.5 Å². The molecule has 0 radical (unpaired) electrons. The molecule has 0 aromatic heterocycles. The lowest BCUT2D eigenvalue weighted by Gasteiger charge is -2.41. The van der Waals surface area contributed by atoms with Gasteiger partial charge in [0.15, 0.2) is 0 Å². The molecule has 0 aromatic rings. The van der Waals surface area contributed by atoms with Crippen LogP contribution in [-0.2, 0) is 0 Å². The minimum absolute atomic E-state index is 0.203. The SMILES string of the molecule is CCC(C(C)(C)C)C(N)(N)CC. The zero-order valence-electron chi connectivity index (χ0n) is 9.15. The quantitative estimate of drug-likeness (QED) is 0.640. The summed E-state index contributed by atoms with van der Waals surface area (Å²) in [6.45, 7) is 10.8. The molecule has 74 valence electrons. The van der Waals surface area contributed by atoms with E-state index in [2.05, 4.69) is 34.6 Å². The molecule has 0 heterocycles. The van der Waals surface area contributed by atoms with Crippen molar-refractivity contribution in [1.82, 2.24) is 0 Å². The first-order chi connectivity index (χ1) is 5.25. The van der Waals surface area contributed by atoms with E-state index in [1.54, 1.807) is 0 Å². The summed E-state index contributed by atoms with van der Waals surface area (Å²) in [4.78, 5) is 0. The lowest BCUT2D eigenvalue weighted by atomic mass is 9.71. The molecule has 1 unspecified atom stereocenters. The highest BCUT2D eigenvalue weighted by atomic mass is 15.0. The van der Waals surface area contributed by atoms with Gasteiger partial charge < -0.3 is 11.5 Å². The van der Waals surface area contributed by atoms with Gasteiger partial charge in [0.25, 0.3) is 0 Å². The Morgan fingerprint density at radius 3 is 1.58 bits per heavy atom. The molecule has 0 saturated carbocycles. The normalized spacial score (nSPS) is 16.2. The molecule has 0 spiro atoms. The third-order valence-electron chi connectivity index (χ3n) is 2.71. The molecule has 0 aliphatic carbocycles. The summed E-state index contributed by atoms with van der Waals surface area (Å²) in [5.74, 6) is 0.384. The Hall–Kier alpha value is -0.0800. The van der Waals surface area contributed by atoms with Crippen LogP contribution in [0.4, 0.5) is 0 Å². The Kier molecular flexibility index (Phi) is 3.73. The van der Waals surface area contributed by atoms with Crippen LogP contribution in [0.5, 0.6) is 0 Å². The summed E-state index contributed by atoms with van der Waals surface area (Å²) in [5, 5.41) is 0. The minimum atomic E-state index is -0.507. The number of rotatable bonds is 3. The maximum Gasteiger partial charge on any atom is 0.0667 e. The molecule has 2 nitrogen and oxygen atoms in total. The summed E-state index contributed by atoms with van der Waals surface area (Å²) in [5.41, 5.74) is 11.8. The highest BCUT2D eigenvalue weighted by Gasteiger charge is 2.36. The van der Waals surface area contributed by atoms with Gasteiger partial charge in [-0.05, 0) is 24.2 Å². The molecule has 0 rings (SSSR count). The lowest BCUT2D eigenvalue weighted by molar-refractivity contribution is 0.121. The predicted molar refractivity (Wildman–Crippen MR) is 54.6 cm³/mol. The van der Waals surface area contributed by atoms with Gasteiger partial charge in [-0.25, -0.2) is 0 Å². The maximum absolute atomic E-state index is 6.03. The van der Waals surface area contributed by atoms with Crippen LogP contribution in [0.1, 0.15) is 47.5 Å². The Labute approximate surface area is 76.7 Å². The van der Waals surface area contributed by atoms with Crippen molar-refractivity contribution in [3.8, 4) is 0 Å². The Bertz CT molecular complexity index is 133. The lowest BCUT2D eigenvalue weighted by Crippen LogP contribution is -2.58. The Morgan fingerprint density at radius 2 is 1.50 bits per heavy atom. The molecule has 0 fully saturated rings. The second-order valence-corrected chi connectivity index (χ2v) is 4.79. The van der Waals surface area contributed by atoms with E-state index in [0.717, 1.165) is 12.8 Å². The van der Waals surface area contributed by atoms with Crippen molar-refractivity contribution in [1.29, 1.82) is 0 Å². The van der Waals surface area contributed by atoms with E-state index in [1.807, 2.05) is 0 Å². The van der Waals surface area contributed by atoms with E-state index < -0.39 is 5.66 Å². The summed E-state index contributed by atoms with van der Waals surface area (Å²) in [7, 11) is 0. The van der Waals surface area contributed by atoms with Crippen LogP contribution in [0.2, 0.25) is 0 Å². The fourth-order valence-corrected chi connectivity index (χ4v) is 2.04. The Balaban J connectivity index is 4.56. The zero-order valence-corrected chi connectivity index (χ0v) is 9.15. The van der Waals surface area contributed by atoms with Gasteiger partial charge in [-0.3, -0.25) is 0 Å². The second kappa shape index (κ2) is 3.75. The summed E-state index contributed by atoms with van der Waals surface area (Å²) < 4.78 is 0. The van der Waals surface area contributed by atoms with Crippen LogP contribution in [0.3, 0.4) is 0 Å². The number of hydrogen-bond acceptors (Lipinski definition) is 2. The van der Waals surface area contributed by atoms with Gasteiger partial charge in [0.2, 0.25) is 0 Å². The first-order valence-corrected chi connectivity index (χ1v) is 4.83. The first-order valence-electron chi connectivity index (χ1n) is 4.83. The fourth-order valence-electron chi connectivity index (χ4n) is 2.04. The summed E-state index contributed by atoms with van der Waals surface area (Å²) in [6, 6.07) is 0. The van der Waals surface area contributed by atoms with Crippen molar-refractivity contribution in [2.45, 2.75) is 53.1 Å². The topological polar surface area (TPSA) is 52.0 Å². The van der Waals surface area contributed by atoms with Crippen molar-refractivity contribution in [2.24, 2.45) is 22.8 Å². The predicted octanol–water partition coefficient (Wildman–Crippen LogP) is 2.08. The molecular weight excluding hydrogens is 148 g/mol. The van der Waals surface area contributed by atoms with Gasteiger partial charge in [0, 0.05) is 0 Å². The zero-order chi connectivity index (χ0) is 9.99. The monoisotopic (exact) mass is 172 g/mol. The first kappa shape index (κ1) is 11.9. The van der Waals surface area contributed by atoms with Crippen molar-refractivity contribution in [2.75, 3.05) is 0 Å². The summed E-state index contributed by atoms with van der Waals surface area (Å²) >= 11 is 0. The van der Waals surface area contributed by atoms with Crippen molar-refractivity contribution >= 4 is 0 Å². The third kappa shape index (κ3) is 2.76.